The van der Waals surface area contributed by atoms with E-state index in [4.69, 9.17) is 0 Å². The van der Waals surface area contributed by atoms with Crippen LogP contribution in [-0.4, -0.2) is 53.6 Å². The Morgan fingerprint density at radius 3 is 2.17 bits per heavy atom. The zero-order valence-electron chi connectivity index (χ0n) is 16.1. The summed E-state index contributed by atoms with van der Waals surface area (Å²) >= 11 is 0. The van der Waals surface area contributed by atoms with Gasteiger partial charge in [-0.2, -0.15) is 13.2 Å². The van der Waals surface area contributed by atoms with Gasteiger partial charge in [-0.05, 0) is 36.4 Å². The number of carboxylic acid groups (broad SMARTS) is 1. The van der Waals surface area contributed by atoms with E-state index in [-0.39, 0.29) is 25.0 Å². The highest BCUT2D eigenvalue weighted by Crippen LogP contribution is 2.42. The van der Waals surface area contributed by atoms with E-state index < -0.39 is 23.8 Å². The van der Waals surface area contributed by atoms with Gasteiger partial charge in [0.25, 0.3) is 0 Å². The van der Waals surface area contributed by atoms with Gasteiger partial charge in [-0.3, -0.25) is 4.79 Å². The van der Waals surface area contributed by atoms with Crippen LogP contribution in [0.15, 0.2) is 48.5 Å². The highest BCUT2D eigenvalue weighted by atomic mass is 19.4. The van der Waals surface area contributed by atoms with Gasteiger partial charge in [0.05, 0.1) is 23.0 Å². The smallest absolute Gasteiger partial charge is 0.416 e. The highest BCUT2D eigenvalue weighted by Gasteiger charge is 2.43. The molecule has 1 amide bonds. The third-order valence-corrected chi connectivity index (χ3v) is 5.67. The second-order valence-corrected chi connectivity index (χ2v) is 7.48. The second-order valence-electron chi connectivity index (χ2n) is 7.48. The molecule has 2 aliphatic heterocycles. The molecule has 6 nitrogen and oxygen atoms in total. The second kappa shape index (κ2) is 7.23. The van der Waals surface area contributed by atoms with E-state index in [0.717, 1.165) is 23.5 Å². The van der Waals surface area contributed by atoms with Crippen LogP contribution in [0, 0.1) is 0 Å². The lowest BCUT2D eigenvalue weighted by molar-refractivity contribution is -0.150. The number of hydrogen-bond donors (Lipinski definition) is 1. The van der Waals surface area contributed by atoms with Gasteiger partial charge in [0.15, 0.2) is 0 Å². The van der Waals surface area contributed by atoms with E-state index in [2.05, 4.69) is 0 Å². The number of nitrogens with zero attached hydrogens (tertiary/aromatic N) is 3. The first kappa shape index (κ1) is 20.1. The van der Waals surface area contributed by atoms with Crippen molar-refractivity contribution in [3.05, 3.63) is 54.1 Å². The molecule has 1 N–H and O–H groups in total. The maximum atomic E-state index is 12.9. The Balaban J connectivity index is 1.72. The van der Waals surface area contributed by atoms with Gasteiger partial charge in [-0.1, -0.05) is 12.1 Å². The maximum absolute atomic E-state index is 12.9. The molecule has 0 aromatic heterocycles. The molecule has 0 radical (unpaired) electrons. The van der Waals surface area contributed by atoms with E-state index in [1.165, 1.54) is 24.0 Å². The van der Waals surface area contributed by atoms with Crippen LogP contribution in [0.2, 0.25) is 0 Å². The molecule has 1 saturated heterocycles. The molecule has 1 fully saturated rings. The third kappa shape index (κ3) is 3.44. The van der Waals surface area contributed by atoms with Crippen molar-refractivity contribution in [2.24, 2.45) is 0 Å². The zero-order valence-corrected chi connectivity index (χ0v) is 16.1. The molecular weight excluding hydrogens is 399 g/mol. The Kier molecular flexibility index (Phi) is 4.83. The predicted octanol–water partition coefficient (Wildman–Crippen LogP) is 3.35. The molecule has 9 heteroatoms. The van der Waals surface area contributed by atoms with Gasteiger partial charge in [0.2, 0.25) is 5.91 Å². The third-order valence-electron chi connectivity index (χ3n) is 5.67. The molecule has 0 bridgehead atoms. The number of carbonyl (C=O) groups excluding carboxylic acids is 1. The quantitative estimate of drug-likeness (QED) is 0.809. The summed E-state index contributed by atoms with van der Waals surface area (Å²) < 4.78 is 38.8. The van der Waals surface area contributed by atoms with Crippen molar-refractivity contribution < 1.29 is 27.9 Å². The molecule has 30 heavy (non-hydrogen) atoms. The van der Waals surface area contributed by atoms with Crippen molar-refractivity contribution in [1.82, 2.24) is 4.90 Å². The molecule has 2 atom stereocenters. The fraction of sp³-hybridized carbons (Fsp3) is 0.333. The van der Waals surface area contributed by atoms with Gasteiger partial charge in [0, 0.05) is 32.2 Å². The zero-order chi connectivity index (χ0) is 21.6. The molecule has 158 valence electrons. The Bertz CT molecular complexity index is 977. The molecule has 0 aliphatic carbocycles. The normalized spacial score (nSPS) is 21.1. The van der Waals surface area contributed by atoms with Gasteiger partial charge in [-0.25, -0.2) is 4.79 Å². The lowest BCUT2D eigenvalue weighted by Crippen LogP contribution is -2.65. The predicted molar refractivity (Wildman–Crippen MR) is 105 cm³/mol. The minimum atomic E-state index is -4.41. The van der Waals surface area contributed by atoms with Crippen molar-refractivity contribution >= 4 is 28.9 Å². The van der Waals surface area contributed by atoms with Crippen LogP contribution in [0.25, 0.3) is 0 Å². The number of rotatable bonds is 2. The van der Waals surface area contributed by atoms with Gasteiger partial charge in [0.1, 0.15) is 6.04 Å². The van der Waals surface area contributed by atoms with Crippen LogP contribution >= 0.6 is 0 Å². The standard InChI is InChI=1S/C21H20F3N3O3/c1-13(28)25-10-16-11-26(15-8-6-14(7-9-15)21(22,23)24)17-4-2-3-5-18(17)27(16)12-19(25)20(29)30/h2-9,16,19H,10-12H2,1H3,(H,29,30)/t16-,19+/m0/s1. The lowest BCUT2D eigenvalue weighted by atomic mass is 9.99. The van der Waals surface area contributed by atoms with E-state index >= 15 is 0 Å². The number of para-hydroxylation sites is 2. The van der Waals surface area contributed by atoms with Crippen molar-refractivity contribution in [3.63, 3.8) is 0 Å². The Morgan fingerprint density at radius 2 is 1.60 bits per heavy atom. The molecule has 2 aromatic carbocycles. The first-order chi connectivity index (χ1) is 14.2. The maximum Gasteiger partial charge on any atom is 0.416 e. The van der Waals surface area contributed by atoms with Crippen LogP contribution in [0.3, 0.4) is 0 Å². The van der Waals surface area contributed by atoms with Crippen molar-refractivity contribution in [3.8, 4) is 0 Å². The number of aliphatic carboxylic acids is 1. The topological polar surface area (TPSA) is 64.1 Å². The monoisotopic (exact) mass is 419 g/mol. The fourth-order valence-electron chi connectivity index (χ4n) is 4.22. The minimum absolute atomic E-state index is 0.150. The molecule has 0 unspecified atom stereocenters. The Hall–Kier alpha value is -3.23. The molecule has 4 rings (SSSR count). The van der Waals surface area contributed by atoms with Gasteiger partial charge >= 0.3 is 12.1 Å². The van der Waals surface area contributed by atoms with Crippen LogP contribution in [0.1, 0.15) is 12.5 Å². The highest BCUT2D eigenvalue weighted by molar-refractivity contribution is 5.86. The van der Waals surface area contributed by atoms with E-state index in [9.17, 15) is 27.9 Å². The fourth-order valence-corrected chi connectivity index (χ4v) is 4.22. The van der Waals surface area contributed by atoms with E-state index in [1.807, 2.05) is 34.1 Å². The largest absolute Gasteiger partial charge is 0.480 e. The average Bonchev–Trinajstić information content (AvgIpc) is 2.71. The number of carbonyl (C=O) groups is 2. The summed E-state index contributed by atoms with van der Waals surface area (Å²) in [7, 11) is 0. The Morgan fingerprint density at radius 1 is 0.967 bits per heavy atom. The molecule has 0 saturated carbocycles. The van der Waals surface area contributed by atoms with Crippen LogP contribution in [0.5, 0.6) is 0 Å². The van der Waals surface area contributed by atoms with Crippen LogP contribution in [0.4, 0.5) is 30.2 Å². The van der Waals surface area contributed by atoms with E-state index in [1.54, 1.807) is 0 Å². The van der Waals surface area contributed by atoms with Crippen LogP contribution < -0.4 is 9.80 Å². The number of halogens is 3. The first-order valence-electron chi connectivity index (χ1n) is 9.47. The average molecular weight is 419 g/mol. The summed E-state index contributed by atoms with van der Waals surface area (Å²) in [6, 6.07) is 11.2. The number of carboxylic acids is 1. The number of benzene rings is 2. The summed E-state index contributed by atoms with van der Waals surface area (Å²) in [4.78, 5) is 29.0. The lowest BCUT2D eigenvalue weighted by Gasteiger charge is -2.51. The number of fused-ring (bicyclic) bond motifs is 3. The molecule has 2 heterocycles. The Labute approximate surface area is 171 Å². The van der Waals surface area contributed by atoms with Crippen molar-refractivity contribution in [1.29, 1.82) is 0 Å². The summed E-state index contributed by atoms with van der Waals surface area (Å²) in [6.07, 6.45) is -4.41. The van der Waals surface area contributed by atoms with Crippen LogP contribution in [-0.2, 0) is 15.8 Å². The summed E-state index contributed by atoms with van der Waals surface area (Å²) in [5.41, 5.74) is 1.46. The van der Waals surface area contributed by atoms with Crippen molar-refractivity contribution in [2.45, 2.75) is 25.2 Å². The van der Waals surface area contributed by atoms with Gasteiger partial charge < -0.3 is 19.8 Å². The first-order valence-corrected chi connectivity index (χ1v) is 9.47. The summed E-state index contributed by atoms with van der Waals surface area (Å²) in [6.45, 7) is 2.13. The SMILES string of the molecule is CC(=O)N1C[C@H]2CN(c3ccc(C(F)(F)F)cc3)c3ccccc3N2C[C@@H]1C(=O)O. The summed E-state index contributed by atoms with van der Waals surface area (Å²) in [5.74, 6) is -1.38. The number of hydrogen-bond acceptors (Lipinski definition) is 4. The number of piperazine rings is 1. The number of anilines is 3. The molecule has 0 spiro atoms. The minimum Gasteiger partial charge on any atom is -0.480 e. The number of amides is 1. The summed E-state index contributed by atoms with van der Waals surface area (Å²) in [5, 5.41) is 9.59. The van der Waals surface area contributed by atoms with Gasteiger partial charge in [-0.15, -0.1) is 0 Å². The molecule has 2 aromatic rings. The van der Waals surface area contributed by atoms with E-state index in [0.29, 0.717) is 12.2 Å². The van der Waals surface area contributed by atoms with Crippen molar-refractivity contribution in [2.75, 3.05) is 29.4 Å². The molecule has 2 aliphatic rings. The molecular formula is C21H20F3N3O3. The number of alkyl halides is 3.